The van der Waals surface area contributed by atoms with Crippen LogP contribution in [0.4, 0.5) is 5.82 Å². The van der Waals surface area contributed by atoms with Crippen LogP contribution in [0, 0.1) is 0 Å². The molecule has 0 aliphatic carbocycles. The van der Waals surface area contributed by atoms with Crippen LogP contribution in [-0.4, -0.2) is 45.6 Å². The van der Waals surface area contributed by atoms with E-state index in [-0.39, 0.29) is 0 Å². The van der Waals surface area contributed by atoms with Gasteiger partial charge in [-0.3, -0.25) is 4.90 Å². The van der Waals surface area contributed by atoms with E-state index in [0.717, 1.165) is 36.8 Å². The maximum atomic E-state index is 4.82. The molecule has 1 aliphatic rings. The smallest absolute Gasteiger partial charge is 0.128 e. The summed E-state index contributed by atoms with van der Waals surface area (Å²) >= 11 is 0. The van der Waals surface area contributed by atoms with Gasteiger partial charge in [0, 0.05) is 32.4 Å². The summed E-state index contributed by atoms with van der Waals surface area (Å²) in [5.41, 5.74) is 2.27. The van der Waals surface area contributed by atoms with Crippen molar-refractivity contribution in [2.24, 2.45) is 7.05 Å². The predicted molar refractivity (Wildman–Crippen MR) is 102 cm³/mol. The summed E-state index contributed by atoms with van der Waals surface area (Å²) in [6.07, 6.45) is 4.31. The quantitative estimate of drug-likeness (QED) is 0.734. The third kappa shape index (κ3) is 3.24. The van der Waals surface area contributed by atoms with Crippen LogP contribution in [-0.2, 0) is 13.6 Å². The Balaban J connectivity index is 1.48. The molecule has 1 atom stereocenters. The molecule has 0 saturated carbocycles. The highest BCUT2D eigenvalue weighted by molar-refractivity contribution is 5.75. The monoisotopic (exact) mass is 335 g/mol. The molecule has 3 aromatic rings. The number of likely N-dealkylation sites (N-methyl/N-ethyl adjacent to an activating group) is 1. The maximum Gasteiger partial charge on any atom is 0.128 e. The van der Waals surface area contributed by atoms with Gasteiger partial charge in [0.25, 0.3) is 0 Å². The number of anilines is 1. The number of aryl methyl sites for hydroxylation is 1. The first-order valence-electron chi connectivity index (χ1n) is 8.99. The lowest BCUT2D eigenvalue weighted by Crippen LogP contribution is -2.46. The standard InChI is InChI=1S/C20H25N5/c1-23(15-20-22-17-9-3-4-10-18(17)24(20)2)16-8-7-13-25(14-16)19-11-5-6-12-21-19/h3-6,9-12,16H,7-8,13-15H2,1-2H3/t16-/m1/s1. The van der Waals surface area contributed by atoms with Crippen LogP contribution in [0.5, 0.6) is 0 Å². The van der Waals surface area contributed by atoms with Gasteiger partial charge in [0.05, 0.1) is 17.6 Å². The van der Waals surface area contributed by atoms with Crippen molar-refractivity contribution in [3.05, 3.63) is 54.5 Å². The van der Waals surface area contributed by atoms with Crippen molar-refractivity contribution in [2.45, 2.75) is 25.4 Å². The Morgan fingerprint density at radius 2 is 2.00 bits per heavy atom. The van der Waals surface area contributed by atoms with E-state index in [0.29, 0.717) is 6.04 Å². The fourth-order valence-electron chi connectivity index (χ4n) is 3.75. The van der Waals surface area contributed by atoms with Gasteiger partial charge in [0.1, 0.15) is 11.6 Å². The molecule has 25 heavy (non-hydrogen) atoms. The normalized spacial score (nSPS) is 18.2. The Hall–Kier alpha value is -2.40. The Bertz CT molecular complexity index is 842. The highest BCUT2D eigenvalue weighted by Crippen LogP contribution is 2.22. The molecular weight excluding hydrogens is 310 g/mol. The van der Waals surface area contributed by atoms with Gasteiger partial charge >= 0.3 is 0 Å². The van der Waals surface area contributed by atoms with Gasteiger partial charge in [-0.2, -0.15) is 0 Å². The molecule has 130 valence electrons. The number of imidazole rings is 1. The summed E-state index contributed by atoms with van der Waals surface area (Å²) in [5.74, 6) is 2.21. The van der Waals surface area contributed by atoms with E-state index in [1.807, 2.05) is 12.3 Å². The number of hydrogen-bond donors (Lipinski definition) is 0. The number of nitrogens with zero attached hydrogens (tertiary/aromatic N) is 5. The Morgan fingerprint density at radius 1 is 1.16 bits per heavy atom. The molecule has 1 aromatic carbocycles. The molecule has 4 rings (SSSR count). The van der Waals surface area contributed by atoms with Crippen LogP contribution in [0.2, 0.25) is 0 Å². The van der Waals surface area contributed by atoms with Crippen molar-refractivity contribution in [3.8, 4) is 0 Å². The summed E-state index contributed by atoms with van der Waals surface area (Å²) in [4.78, 5) is 14.2. The van der Waals surface area contributed by atoms with Crippen LogP contribution >= 0.6 is 0 Å². The van der Waals surface area contributed by atoms with Crippen LogP contribution in [0.15, 0.2) is 48.7 Å². The lowest BCUT2D eigenvalue weighted by atomic mass is 10.0. The molecule has 0 amide bonds. The molecule has 0 unspecified atom stereocenters. The molecule has 5 heteroatoms. The first-order chi connectivity index (χ1) is 12.2. The summed E-state index contributed by atoms with van der Waals surface area (Å²) in [5, 5.41) is 0. The molecule has 1 fully saturated rings. The topological polar surface area (TPSA) is 37.2 Å². The van der Waals surface area contributed by atoms with Crippen LogP contribution in [0.25, 0.3) is 11.0 Å². The van der Waals surface area contributed by atoms with Gasteiger partial charge in [-0.25, -0.2) is 9.97 Å². The van der Waals surface area contributed by atoms with E-state index < -0.39 is 0 Å². The second-order valence-electron chi connectivity index (χ2n) is 6.92. The number of hydrogen-bond acceptors (Lipinski definition) is 4. The highest BCUT2D eigenvalue weighted by Gasteiger charge is 2.25. The van der Waals surface area contributed by atoms with E-state index in [2.05, 4.69) is 69.8 Å². The van der Waals surface area contributed by atoms with Gasteiger partial charge in [0.15, 0.2) is 0 Å². The van der Waals surface area contributed by atoms with E-state index in [9.17, 15) is 0 Å². The zero-order chi connectivity index (χ0) is 17.2. The summed E-state index contributed by atoms with van der Waals surface area (Å²) in [6.45, 7) is 2.98. The molecule has 2 aromatic heterocycles. The van der Waals surface area contributed by atoms with Gasteiger partial charge in [-0.1, -0.05) is 18.2 Å². The number of fused-ring (bicyclic) bond motifs is 1. The van der Waals surface area contributed by atoms with E-state index in [1.165, 1.54) is 18.4 Å². The second-order valence-corrected chi connectivity index (χ2v) is 6.92. The fraction of sp³-hybridized carbons (Fsp3) is 0.400. The number of pyridine rings is 1. The third-order valence-corrected chi connectivity index (χ3v) is 5.26. The average Bonchev–Trinajstić information content (AvgIpc) is 2.98. The largest absolute Gasteiger partial charge is 0.355 e. The number of piperidine rings is 1. The number of benzene rings is 1. The molecule has 1 aliphatic heterocycles. The van der Waals surface area contributed by atoms with Gasteiger partial charge in [-0.05, 0) is 44.2 Å². The van der Waals surface area contributed by atoms with Crippen LogP contribution in [0.1, 0.15) is 18.7 Å². The lowest BCUT2D eigenvalue weighted by Gasteiger charge is -2.38. The van der Waals surface area contributed by atoms with Gasteiger partial charge in [-0.15, -0.1) is 0 Å². The Kier molecular flexibility index (Phi) is 4.40. The lowest BCUT2D eigenvalue weighted by molar-refractivity contribution is 0.201. The van der Waals surface area contributed by atoms with E-state index >= 15 is 0 Å². The van der Waals surface area contributed by atoms with Crippen LogP contribution in [0.3, 0.4) is 0 Å². The van der Waals surface area contributed by atoms with Crippen molar-refractivity contribution >= 4 is 16.9 Å². The number of rotatable bonds is 4. The van der Waals surface area contributed by atoms with Gasteiger partial charge in [0.2, 0.25) is 0 Å². The van der Waals surface area contributed by atoms with E-state index in [1.54, 1.807) is 0 Å². The molecule has 1 saturated heterocycles. The van der Waals surface area contributed by atoms with Gasteiger partial charge < -0.3 is 9.47 Å². The van der Waals surface area contributed by atoms with Crippen molar-refractivity contribution < 1.29 is 0 Å². The molecule has 5 nitrogen and oxygen atoms in total. The zero-order valence-electron chi connectivity index (χ0n) is 15.0. The Labute approximate surface area is 148 Å². The third-order valence-electron chi connectivity index (χ3n) is 5.26. The maximum absolute atomic E-state index is 4.82. The van der Waals surface area contributed by atoms with Crippen molar-refractivity contribution in [1.29, 1.82) is 0 Å². The minimum absolute atomic E-state index is 0.524. The summed E-state index contributed by atoms with van der Waals surface area (Å²) in [7, 11) is 4.32. The fourth-order valence-corrected chi connectivity index (χ4v) is 3.75. The van der Waals surface area contributed by atoms with Crippen molar-refractivity contribution in [2.75, 3.05) is 25.0 Å². The average molecular weight is 335 g/mol. The molecule has 0 radical (unpaired) electrons. The van der Waals surface area contributed by atoms with E-state index in [4.69, 9.17) is 4.98 Å². The summed E-state index contributed by atoms with van der Waals surface area (Å²) < 4.78 is 2.21. The first-order valence-corrected chi connectivity index (χ1v) is 8.99. The highest BCUT2D eigenvalue weighted by atomic mass is 15.3. The molecule has 0 N–H and O–H groups in total. The number of para-hydroxylation sites is 2. The molecule has 0 spiro atoms. The minimum atomic E-state index is 0.524. The number of aromatic nitrogens is 3. The van der Waals surface area contributed by atoms with Crippen LogP contribution < -0.4 is 4.90 Å². The second kappa shape index (κ2) is 6.84. The predicted octanol–water partition coefficient (Wildman–Crippen LogP) is 3.07. The molecule has 3 heterocycles. The van der Waals surface area contributed by atoms with Crippen molar-refractivity contribution in [3.63, 3.8) is 0 Å². The Morgan fingerprint density at radius 3 is 2.80 bits per heavy atom. The minimum Gasteiger partial charge on any atom is -0.355 e. The first kappa shape index (κ1) is 16.1. The van der Waals surface area contributed by atoms with Crippen molar-refractivity contribution in [1.82, 2.24) is 19.4 Å². The molecular formula is C20H25N5. The SMILES string of the molecule is CN(Cc1nc2ccccc2n1C)[C@@H]1CCCN(c2ccccn2)C1. The zero-order valence-corrected chi connectivity index (χ0v) is 15.0. The summed E-state index contributed by atoms with van der Waals surface area (Å²) in [6, 6.07) is 15.0. The molecule has 0 bridgehead atoms.